The average molecular weight is 757 g/mol. The molecule has 0 aliphatic rings. The zero-order chi connectivity index (χ0) is 40.9. The number of carboxylic acid groups (broad SMARTS) is 2. The van der Waals surface area contributed by atoms with Gasteiger partial charge >= 0.3 is 11.9 Å². The van der Waals surface area contributed by atoms with Crippen molar-refractivity contribution in [3.05, 3.63) is 105 Å². The molecule has 12 heteroatoms. The van der Waals surface area contributed by atoms with E-state index in [9.17, 15) is 50.4 Å². The van der Waals surface area contributed by atoms with Crippen LogP contribution in [-0.2, 0) is 0 Å². The number of aliphatic imine (C=N–C) groups is 2. The molecule has 6 aromatic carbocycles. The predicted octanol–water partition coefficient (Wildman–Crippen LogP) is 9.65. The largest absolute Gasteiger partial charge is 0.507 e. The van der Waals surface area contributed by atoms with E-state index in [0.29, 0.717) is 44.4 Å². The summed E-state index contributed by atoms with van der Waals surface area (Å²) >= 11 is 0. The number of hydrogen-bond acceptors (Lipinski definition) is 10. The third-order valence-corrected chi connectivity index (χ3v) is 9.90. The Morgan fingerprint density at radius 2 is 0.839 bits per heavy atom. The van der Waals surface area contributed by atoms with Crippen molar-refractivity contribution in [3.63, 3.8) is 0 Å². The normalized spacial score (nSPS) is 11.9. The number of fused-ring (bicyclic) bond motifs is 2. The van der Waals surface area contributed by atoms with Gasteiger partial charge in [-0.3, -0.25) is 9.98 Å². The van der Waals surface area contributed by atoms with Gasteiger partial charge in [0.25, 0.3) is 0 Å². The lowest BCUT2D eigenvalue weighted by molar-refractivity contribution is 0.0686. The highest BCUT2D eigenvalue weighted by atomic mass is 16.4. The highest BCUT2D eigenvalue weighted by Crippen LogP contribution is 2.54. The van der Waals surface area contributed by atoms with Crippen LogP contribution in [0.4, 0.5) is 11.4 Å². The summed E-state index contributed by atoms with van der Waals surface area (Å²) < 4.78 is 0. The SMILES string of the molecule is Cc1cc2c(C(C)C)c(O)c(O)c(C=Nc3ccc(C(=O)O)cc3)c2c(O)c1-c1c(C)cc2c(C(C)C)c(O)c(O)c(C=Nc3ccc(C(=O)O)cc3)c2c1O. The van der Waals surface area contributed by atoms with Crippen LogP contribution in [0, 0.1) is 13.8 Å². The summed E-state index contributed by atoms with van der Waals surface area (Å²) in [6.45, 7) is 10.7. The molecular formula is C44H40N2O10. The molecule has 56 heavy (non-hydrogen) atoms. The number of benzene rings is 6. The van der Waals surface area contributed by atoms with E-state index in [1.54, 1.807) is 26.0 Å². The van der Waals surface area contributed by atoms with Gasteiger partial charge in [0.15, 0.2) is 23.0 Å². The first kappa shape index (κ1) is 38.6. The Labute approximate surface area is 321 Å². The molecule has 0 unspecified atom stereocenters. The Bertz CT molecular complexity index is 2470. The number of rotatable bonds is 9. The number of aromatic hydroxyl groups is 6. The van der Waals surface area contributed by atoms with Crippen molar-refractivity contribution >= 4 is 57.3 Å². The quantitative estimate of drug-likeness (QED) is 0.0515. The molecule has 0 spiro atoms. The van der Waals surface area contributed by atoms with Crippen LogP contribution < -0.4 is 0 Å². The molecule has 0 fully saturated rings. The second kappa shape index (κ2) is 14.6. The minimum absolute atomic E-state index is 0.0349. The van der Waals surface area contributed by atoms with Crippen molar-refractivity contribution in [3.8, 4) is 45.6 Å². The molecule has 12 nitrogen and oxygen atoms in total. The van der Waals surface area contributed by atoms with Crippen molar-refractivity contribution in [2.75, 3.05) is 0 Å². The minimum atomic E-state index is -1.11. The number of nitrogens with zero attached hydrogens (tertiary/aromatic N) is 2. The molecule has 0 aliphatic carbocycles. The van der Waals surface area contributed by atoms with Crippen LogP contribution in [0.5, 0.6) is 34.5 Å². The Hall–Kier alpha value is -7.08. The van der Waals surface area contributed by atoms with E-state index < -0.39 is 34.9 Å². The number of aromatic carboxylic acids is 2. The molecule has 0 aliphatic heterocycles. The number of carboxylic acids is 2. The predicted molar refractivity (Wildman–Crippen MR) is 216 cm³/mol. The number of aryl methyl sites for hydroxylation is 2. The molecule has 0 heterocycles. The van der Waals surface area contributed by atoms with Gasteiger partial charge in [0.2, 0.25) is 0 Å². The summed E-state index contributed by atoms with van der Waals surface area (Å²) in [4.78, 5) is 31.6. The maximum absolute atomic E-state index is 12.3. The Morgan fingerprint density at radius 3 is 1.12 bits per heavy atom. The zero-order valence-corrected chi connectivity index (χ0v) is 31.4. The van der Waals surface area contributed by atoms with Crippen LogP contribution in [0.3, 0.4) is 0 Å². The third-order valence-electron chi connectivity index (χ3n) is 9.90. The molecule has 0 bridgehead atoms. The number of carbonyl (C=O) groups is 2. The molecule has 0 radical (unpaired) electrons. The lowest BCUT2D eigenvalue weighted by Crippen LogP contribution is -2.01. The fraction of sp³-hybridized carbons (Fsp3) is 0.182. The van der Waals surface area contributed by atoms with E-state index in [2.05, 4.69) is 9.98 Å². The monoisotopic (exact) mass is 756 g/mol. The van der Waals surface area contributed by atoms with Crippen molar-refractivity contribution in [2.24, 2.45) is 9.98 Å². The van der Waals surface area contributed by atoms with Gasteiger partial charge in [0.05, 0.1) is 33.6 Å². The molecule has 8 N–H and O–H groups in total. The van der Waals surface area contributed by atoms with E-state index in [1.807, 2.05) is 27.7 Å². The Kier molecular flexibility index (Phi) is 10.1. The number of phenolic OH excluding ortho intramolecular Hbond substituents is 6. The number of hydrogen-bond donors (Lipinski definition) is 8. The van der Waals surface area contributed by atoms with E-state index in [-0.39, 0.29) is 67.5 Å². The first-order valence-corrected chi connectivity index (χ1v) is 17.7. The molecule has 0 atom stereocenters. The molecule has 0 saturated heterocycles. The van der Waals surface area contributed by atoms with E-state index in [1.165, 1.54) is 61.0 Å². The zero-order valence-electron chi connectivity index (χ0n) is 31.4. The highest BCUT2D eigenvalue weighted by molar-refractivity contribution is 6.15. The fourth-order valence-corrected chi connectivity index (χ4v) is 7.28. The first-order valence-electron chi connectivity index (χ1n) is 17.7. The van der Waals surface area contributed by atoms with Gasteiger partial charge in [-0.2, -0.15) is 0 Å². The Morgan fingerprint density at radius 1 is 0.518 bits per heavy atom. The maximum Gasteiger partial charge on any atom is 0.335 e. The van der Waals surface area contributed by atoms with Crippen LogP contribution >= 0.6 is 0 Å². The van der Waals surface area contributed by atoms with Gasteiger partial charge < -0.3 is 40.9 Å². The average Bonchev–Trinajstić information content (AvgIpc) is 3.13. The molecule has 0 aromatic heterocycles. The van der Waals surface area contributed by atoms with E-state index >= 15 is 0 Å². The highest BCUT2D eigenvalue weighted by Gasteiger charge is 2.29. The minimum Gasteiger partial charge on any atom is -0.507 e. The van der Waals surface area contributed by atoms with Crippen LogP contribution in [0.15, 0.2) is 70.6 Å². The third kappa shape index (κ3) is 6.55. The molecule has 6 rings (SSSR count). The van der Waals surface area contributed by atoms with Gasteiger partial charge in [-0.1, -0.05) is 39.8 Å². The van der Waals surface area contributed by atoms with Gasteiger partial charge in [-0.15, -0.1) is 0 Å². The molecule has 0 saturated carbocycles. The summed E-state index contributed by atoms with van der Waals surface area (Å²) in [5, 5.41) is 89.7. The summed E-state index contributed by atoms with van der Waals surface area (Å²) in [6.07, 6.45) is 2.52. The molecule has 286 valence electrons. The second-order valence-electron chi connectivity index (χ2n) is 14.3. The molecule has 0 amide bonds. The van der Waals surface area contributed by atoms with Crippen molar-refractivity contribution in [1.82, 2.24) is 0 Å². The smallest absolute Gasteiger partial charge is 0.335 e. The van der Waals surface area contributed by atoms with E-state index in [0.717, 1.165) is 0 Å². The second-order valence-corrected chi connectivity index (χ2v) is 14.3. The number of phenols is 6. The summed E-state index contributed by atoms with van der Waals surface area (Å²) in [5.41, 5.74) is 2.77. The van der Waals surface area contributed by atoms with Crippen LogP contribution in [-0.4, -0.2) is 65.2 Å². The van der Waals surface area contributed by atoms with Crippen molar-refractivity contribution in [2.45, 2.75) is 53.4 Å². The fourth-order valence-electron chi connectivity index (χ4n) is 7.28. The van der Waals surface area contributed by atoms with Crippen LogP contribution in [0.1, 0.15) is 93.6 Å². The lowest BCUT2D eigenvalue weighted by atomic mass is 9.83. The Balaban J connectivity index is 1.67. The van der Waals surface area contributed by atoms with Crippen LogP contribution in [0.2, 0.25) is 0 Å². The topological polar surface area (TPSA) is 221 Å². The van der Waals surface area contributed by atoms with Gasteiger partial charge in [0, 0.05) is 45.5 Å². The lowest BCUT2D eigenvalue weighted by Gasteiger charge is -2.23. The van der Waals surface area contributed by atoms with E-state index in [4.69, 9.17) is 0 Å². The van der Waals surface area contributed by atoms with Crippen LogP contribution in [0.25, 0.3) is 32.7 Å². The van der Waals surface area contributed by atoms with Gasteiger partial charge in [-0.25, -0.2) is 9.59 Å². The molecule has 6 aromatic rings. The maximum atomic E-state index is 12.3. The van der Waals surface area contributed by atoms with Gasteiger partial charge in [0.1, 0.15) is 11.5 Å². The summed E-state index contributed by atoms with van der Waals surface area (Å²) in [5.74, 6) is -5.45. The first-order chi connectivity index (χ1) is 26.4. The van der Waals surface area contributed by atoms with Gasteiger partial charge in [-0.05, 0) is 96.1 Å². The summed E-state index contributed by atoms with van der Waals surface area (Å²) in [7, 11) is 0. The summed E-state index contributed by atoms with van der Waals surface area (Å²) in [6, 6.07) is 14.8. The van der Waals surface area contributed by atoms with Crippen molar-refractivity contribution in [1.29, 1.82) is 0 Å². The van der Waals surface area contributed by atoms with Crippen molar-refractivity contribution < 1.29 is 50.4 Å². The standard InChI is InChI=1S/C44H40N2O10/c1-19(2)31-27-15-21(5)33(39(49)35(27)29(37(47)41(31)51)17-45-25-11-7-23(8-12-25)43(53)54)34-22(6)16-28-32(20(3)4)42(52)38(48)30(36(28)40(34)50)18-46-26-13-9-24(10-14-26)44(55)56/h7-20,47-52H,1-6H3,(H,53,54)(H,55,56). The molecular weight excluding hydrogens is 716 g/mol.